The van der Waals surface area contributed by atoms with Crippen LogP contribution in [0.1, 0.15) is 19.0 Å². The SMILES string of the molecule is CCNC(=O)CCn1cnc(CO)c1. The van der Waals surface area contributed by atoms with Crippen LogP contribution in [0.5, 0.6) is 0 Å². The van der Waals surface area contributed by atoms with E-state index in [0.29, 0.717) is 25.2 Å². The molecule has 1 heterocycles. The van der Waals surface area contributed by atoms with Crippen molar-refractivity contribution in [2.24, 2.45) is 0 Å². The highest BCUT2D eigenvalue weighted by molar-refractivity contribution is 5.75. The van der Waals surface area contributed by atoms with Gasteiger partial charge in [0.05, 0.1) is 18.6 Å². The third kappa shape index (κ3) is 3.18. The molecule has 0 saturated carbocycles. The van der Waals surface area contributed by atoms with Crippen molar-refractivity contribution in [1.29, 1.82) is 0 Å². The lowest BCUT2D eigenvalue weighted by Crippen LogP contribution is -2.23. The van der Waals surface area contributed by atoms with Crippen molar-refractivity contribution in [3.8, 4) is 0 Å². The fraction of sp³-hybridized carbons (Fsp3) is 0.556. The number of nitrogens with one attached hydrogen (secondary N) is 1. The highest BCUT2D eigenvalue weighted by atomic mass is 16.3. The third-order valence-corrected chi connectivity index (χ3v) is 1.82. The van der Waals surface area contributed by atoms with Gasteiger partial charge in [0.1, 0.15) is 0 Å². The molecule has 1 aromatic heterocycles. The molecule has 1 amide bonds. The van der Waals surface area contributed by atoms with E-state index in [2.05, 4.69) is 10.3 Å². The molecule has 0 spiro atoms. The summed E-state index contributed by atoms with van der Waals surface area (Å²) in [7, 11) is 0. The molecular weight excluding hydrogens is 182 g/mol. The Morgan fingerprint density at radius 2 is 2.50 bits per heavy atom. The smallest absolute Gasteiger partial charge is 0.221 e. The summed E-state index contributed by atoms with van der Waals surface area (Å²) < 4.78 is 1.79. The first kappa shape index (κ1) is 10.7. The molecule has 0 atom stereocenters. The third-order valence-electron chi connectivity index (χ3n) is 1.82. The molecule has 1 aromatic rings. The molecule has 0 fully saturated rings. The van der Waals surface area contributed by atoms with Crippen LogP contribution in [-0.4, -0.2) is 27.1 Å². The van der Waals surface area contributed by atoms with E-state index >= 15 is 0 Å². The highest BCUT2D eigenvalue weighted by Gasteiger charge is 2.01. The molecule has 5 heteroatoms. The van der Waals surface area contributed by atoms with E-state index in [1.54, 1.807) is 17.1 Å². The van der Waals surface area contributed by atoms with Crippen molar-refractivity contribution in [2.45, 2.75) is 26.5 Å². The number of carbonyl (C=O) groups excluding carboxylic acids is 1. The predicted octanol–water partition coefficient (Wildman–Crippen LogP) is -0.0984. The number of imidazole rings is 1. The number of amides is 1. The van der Waals surface area contributed by atoms with Gasteiger partial charge in [0.25, 0.3) is 0 Å². The zero-order chi connectivity index (χ0) is 10.4. The maximum absolute atomic E-state index is 11.1. The summed E-state index contributed by atoms with van der Waals surface area (Å²) in [6.45, 7) is 3.08. The topological polar surface area (TPSA) is 67.2 Å². The van der Waals surface area contributed by atoms with E-state index in [4.69, 9.17) is 5.11 Å². The van der Waals surface area contributed by atoms with E-state index < -0.39 is 0 Å². The summed E-state index contributed by atoms with van der Waals surface area (Å²) in [4.78, 5) is 15.0. The van der Waals surface area contributed by atoms with Gasteiger partial charge >= 0.3 is 0 Å². The Hall–Kier alpha value is -1.36. The number of rotatable bonds is 5. The fourth-order valence-corrected chi connectivity index (χ4v) is 1.13. The van der Waals surface area contributed by atoms with Gasteiger partial charge in [0, 0.05) is 25.7 Å². The summed E-state index contributed by atoms with van der Waals surface area (Å²) >= 11 is 0. The van der Waals surface area contributed by atoms with Crippen LogP contribution >= 0.6 is 0 Å². The number of aromatic nitrogens is 2. The Morgan fingerprint density at radius 1 is 1.71 bits per heavy atom. The molecule has 5 nitrogen and oxygen atoms in total. The number of aliphatic hydroxyl groups excluding tert-OH is 1. The summed E-state index contributed by atoms with van der Waals surface area (Å²) in [5.41, 5.74) is 0.626. The van der Waals surface area contributed by atoms with E-state index in [1.165, 1.54) is 0 Å². The van der Waals surface area contributed by atoms with Crippen molar-refractivity contribution in [1.82, 2.24) is 14.9 Å². The van der Waals surface area contributed by atoms with Gasteiger partial charge in [-0.05, 0) is 6.92 Å². The Kier molecular flexibility index (Phi) is 4.12. The Bertz CT molecular complexity index is 296. The van der Waals surface area contributed by atoms with Crippen molar-refractivity contribution in [3.05, 3.63) is 18.2 Å². The molecular formula is C9H15N3O2. The van der Waals surface area contributed by atoms with Crippen LogP contribution in [-0.2, 0) is 17.9 Å². The normalized spacial score (nSPS) is 10.1. The zero-order valence-corrected chi connectivity index (χ0v) is 8.23. The van der Waals surface area contributed by atoms with Gasteiger partial charge in [-0.25, -0.2) is 4.98 Å². The Labute approximate surface area is 82.8 Å². The minimum absolute atomic E-state index is 0.0340. The maximum Gasteiger partial charge on any atom is 0.221 e. The summed E-state index contributed by atoms with van der Waals surface area (Å²) in [5.74, 6) is 0.0340. The number of nitrogens with zero attached hydrogens (tertiary/aromatic N) is 2. The molecule has 0 aromatic carbocycles. The first-order chi connectivity index (χ1) is 6.76. The molecule has 0 saturated heterocycles. The molecule has 0 radical (unpaired) electrons. The van der Waals surface area contributed by atoms with Crippen LogP contribution in [0.4, 0.5) is 0 Å². The molecule has 0 aliphatic carbocycles. The van der Waals surface area contributed by atoms with Crippen LogP contribution in [0.15, 0.2) is 12.5 Å². The lowest BCUT2D eigenvalue weighted by molar-refractivity contribution is -0.121. The maximum atomic E-state index is 11.1. The number of hydrogen-bond donors (Lipinski definition) is 2. The fourth-order valence-electron chi connectivity index (χ4n) is 1.13. The van der Waals surface area contributed by atoms with E-state index in [9.17, 15) is 4.79 Å². The minimum atomic E-state index is -0.0614. The van der Waals surface area contributed by atoms with Gasteiger partial charge in [0.15, 0.2) is 0 Å². The van der Waals surface area contributed by atoms with Crippen LogP contribution in [0, 0.1) is 0 Å². The van der Waals surface area contributed by atoms with Gasteiger partial charge in [-0.1, -0.05) is 0 Å². The second-order valence-electron chi connectivity index (χ2n) is 2.96. The van der Waals surface area contributed by atoms with Crippen molar-refractivity contribution in [2.75, 3.05) is 6.54 Å². The quantitative estimate of drug-likeness (QED) is 0.692. The van der Waals surface area contributed by atoms with Gasteiger partial charge in [-0.3, -0.25) is 4.79 Å². The second-order valence-corrected chi connectivity index (χ2v) is 2.96. The summed E-state index contributed by atoms with van der Waals surface area (Å²) in [5, 5.41) is 11.5. The van der Waals surface area contributed by atoms with Crippen LogP contribution in [0.3, 0.4) is 0 Å². The molecule has 1 rings (SSSR count). The number of aryl methyl sites for hydroxylation is 1. The molecule has 14 heavy (non-hydrogen) atoms. The largest absolute Gasteiger partial charge is 0.390 e. The van der Waals surface area contributed by atoms with Gasteiger partial charge in [-0.15, -0.1) is 0 Å². The lowest BCUT2D eigenvalue weighted by Gasteiger charge is -2.02. The Balaban J connectivity index is 2.34. The standard InChI is InChI=1S/C9H15N3O2/c1-2-10-9(14)3-4-12-5-8(6-13)11-7-12/h5,7,13H,2-4,6H2,1H3,(H,10,14). The van der Waals surface area contributed by atoms with E-state index in [-0.39, 0.29) is 12.5 Å². The van der Waals surface area contributed by atoms with Gasteiger partial charge < -0.3 is 15.0 Å². The van der Waals surface area contributed by atoms with Crippen LogP contribution < -0.4 is 5.32 Å². The number of carbonyl (C=O) groups is 1. The number of hydrogen-bond acceptors (Lipinski definition) is 3. The molecule has 0 aliphatic heterocycles. The van der Waals surface area contributed by atoms with Crippen molar-refractivity contribution >= 4 is 5.91 Å². The Morgan fingerprint density at radius 3 is 3.07 bits per heavy atom. The van der Waals surface area contributed by atoms with E-state index in [0.717, 1.165) is 0 Å². The minimum Gasteiger partial charge on any atom is -0.390 e. The average molecular weight is 197 g/mol. The molecule has 78 valence electrons. The first-order valence-electron chi connectivity index (χ1n) is 4.64. The second kappa shape index (κ2) is 5.39. The van der Waals surface area contributed by atoms with Crippen molar-refractivity contribution < 1.29 is 9.90 Å². The predicted molar refractivity (Wildman–Crippen MR) is 51.5 cm³/mol. The van der Waals surface area contributed by atoms with Crippen LogP contribution in [0.25, 0.3) is 0 Å². The molecule has 0 unspecified atom stereocenters. The lowest BCUT2D eigenvalue weighted by atomic mass is 10.4. The van der Waals surface area contributed by atoms with Crippen molar-refractivity contribution in [3.63, 3.8) is 0 Å². The van der Waals surface area contributed by atoms with Gasteiger partial charge in [-0.2, -0.15) is 0 Å². The monoisotopic (exact) mass is 197 g/mol. The van der Waals surface area contributed by atoms with E-state index in [1.807, 2.05) is 6.92 Å². The van der Waals surface area contributed by atoms with Gasteiger partial charge in [0.2, 0.25) is 5.91 Å². The average Bonchev–Trinajstić information content (AvgIpc) is 2.63. The molecule has 2 N–H and O–H groups in total. The number of aliphatic hydroxyl groups is 1. The summed E-state index contributed by atoms with van der Waals surface area (Å²) in [6.07, 6.45) is 3.79. The summed E-state index contributed by atoms with van der Waals surface area (Å²) in [6, 6.07) is 0. The highest BCUT2D eigenvalue weighted by Crippen LogP contribution is 1.97. The first-order valence-corrected chi connectivity index (χ1v) is 4.64. The zero-order valence-electron chi connectivity index (χ0n) is 8.23. The molecule has 0 aliphatic rings. The molecule has 0 bridgehead atoms. The van der Waals surface area contributed by atoms with Crippen LogP contribution in [0.2, 0.25) is 0 Å².